The maximum absolute atomic E-state index is 13.7. The zero-order valence-corrected chi connectivity index (χ0v) is 14.9. The molecular formula is C20H25FN2O2. The summed E-state index contributed by atoms with van der Waals surface area (Å²) < 4.78 is 19.4. The molecule has 0 saturated carbocycles. The Kier molecular flexibility index (Phi) is 5.53. The Labute approximate surface area is 148 Å². The summed E-state index contributed by atoms with van der Waals surface area (Å²) in [6, 6.07) is 10.7. The number of amides is 1. The number of hydrogen-bond donors (Lipinski definition) is 0. The monoisotopic (exact) mass is 344 g/mol. The summed E-state index contributed by atoms with van der Waals surface area (Å²) in [7, 11) is 3.42. The second-order valence-corrected chi connectivity index (χ2v) is 6.86. The molecule has 0 radical (unpaired) electrons. The van der Waals surface area contributed by atoms with Crippen LogP contribution < -0.4 is 0 Å². The minimum absolute atomic E-state index is 0.135. The molecule has 0 unspecified atom stereocenters. The molecule has 1 saturated heterocycles. The van der Waals surface area contributed by atoms with Crippen LogP contribution >= 0.6 is 0 Å². The van der Waals surface area contributed by atoms with Crippen molar-refractivity contribution in [2.24, 2.45) is 0 Å². The van der Waals surface area contributed by atoms with E-state index in [-0.39, 0.29) is 17.8 Å². The van der Waals surface area contributed by atoms with E-state index in [2.05, 4.69) is 4.90 Å². The molecule has 0 spiro atoms. The molecule has 1 aliphatic rings. The molecule has 1 atom stereocenters. The van der Waals surface area contributed by atoms with Crippen LogP contribution in [0.3, 0.4) is 0 Å². The number of halogens is 1. The third-order valence-corrected chi connectivity index (χ3v) is 4.73. The number of carbonyl (C=O) groups excluding carboxylic acids is 1. The maximum Gasteiger partial charge on any atom is 0.289 e. The van der Waals surface area contributed by atoms with Gasteiger partial charge in [-0.05, 0) is 49.2 Å². The SMILES string of the molecule is CN(C)C(=O)c1ccc(CN2CCCCC[C@@H]2c2cccc(F)c2)o1. The summed E-state index contributed by atoms with van der Waals surface area (Å²) in [4.78, 5) is 15.8. The van der Waals surface area contributed by atoms with E-state index in [9.17, 15) is 9.18 Å². The van der Waals surface area contributed by atoms with Crippen molar-refractivity contribution >= 4 is 5.91 Å². The first-order valence-corrected chi connectivity index (χ1v) is 8.84. The number of likely N-dealkylation sites (tertiary alicyclic amines) is 1. The van der Waals surface area contributed by atoms with Crippen molar-refractivity contribution in [2.75, 3.05) is 20.6 Å². The van der Waals surface area contributed by atoms with Crippen molar-refractivity contribution in [3.63, 3.8) is 0 Å². The molecule has 25 heavy (non-hydrogen) atoms. The molecule has 2 heterocycles. The normalized spacial score (nSPS) is 18.8. The van der Waals surface area contributed by atoms with Gasteiger partial charge in [0.05, 0.1) is 6.54 Å². The van der Waals surface area contributed by atoms with Gasteiger partial charge in [0.25, 0.3) is 5.91 Å². The van der Waals surface area contributed by atoms with Gasteiger partial charge in [0, 0.05) is 20.1 Å². The highest BCUT2D eigenvalue weighted by atomic mass is 19.1. The molecule has 1 aliphatic heterocycles. The van der Waals surface area contributed by atoms with Crippen LogP contribution in [0.4, 0.5) is 4.39 Å². The molecule has 3 rings (SSSR count). The van der Waals surface area contributed by atoms with Crippen LogP contribution in [0.15, 0.2) is 40.8 Å². The molecule has 134 valence electrons. The Morgan fingerprint density at radius 1 is 1.24 bits per heavy atom. The highest BCUT2D eigenvalue weighted by Gasteiger charge is 2.24. The Morgan fingerprint density at radius 3 is 2.84 bits per heavy atom. The number of rotatable bonds is 4. The first-order valence-electron chi connectivity index (χ1n) is 8.84. The van der Waals surface area contributed by atoms with Crippen LogP contribution in [0.25, 0.3) is 0 Å². The lowest BCUT2D eigenvalue weighted by Gasteiger charge is -2.29. The Balaban J connectivity index is 1.79. The number of furan rings is 1. The van der Waals surface area contributed by atoms with Gasteiger partial charge in [-0.3, -0.25) is 9.69 Å². The fourth-order valence-corrected chi connectivity index (χ4v) is 3.45. The van der Waals surface area contributed by atoms with E-state index in [1.165, 1.54) is 17.4 Å². The molecule has 0 N–H and O–H groups in total. The zero-order chi connectivity index (χ0) is 17.8. The zero-order valence-electron chi connectivity index (χ0n) is 14.9. The highest BCUT2D eigenvalue weighted by molar-refractivity contribution is 5.91. The second kappa shape index (κ2) is 7.83. The van der Waals surface area contributed by atoms with E-state index in [1.807, 2.05) is 12.1 Å². The molecule has 0 aliphatic carbocycles. The third kappa shape index (κ3) is 4.28. The molecule has 1 amide bonds. The number of carbonyl (C=O) groups is 1. The van der Waals surface area contributed by atoms with Crippen molar-refractivity contribution in [3.8, 4) is 0 Å². The molecular weight excluding hydrogens is 319 g/mol. The highest BCUT2D eigenvalue weighted by Crippen LogP contribution is 2.32. The van der Waals surface area contributed by atoms with Crippen LogP contribution in [0.2, 0.25) is 0 Å². The van der Waals surface area contributed by atoms with E-state index >= 15 is 0 Å². The van der Waals surface area contributed by atoms with Crippen LogP contribution in [-0.4, -0.2) is 36.3 Å². The lowest BCUT2D eigenvalue weighted by Crippen LogP contribution is -2.28. The van der Waals surface area contributed by atoms with Gasteiger partial charge in [0.15, 0.2) is 5.76 Å². The van der Waals surface area contributed by atoms with Crippen molar-refractivity contribution in [1.82, 2.24) is 9.80 Å². The van der Waals surface area contributed by atoms with E-state index in [1.54, 1.807) is 32.3 Å². The van der Waals surface area contributed by atoms with Crippen LogP contribution in [0.5, 0.6) is 0 Å². The Morgan fingerprint density at radius 2 is 2.08 bits per heavy atom. The molecule has 0 bridgehead atoms. The number of nitrogens with zero attached hydrogens (tertiary/aromatic N) is 2. The van der Waals surface area contributed by atoms with Crippen LogP contribution in [0, 0.1) is 5.82 Å². The van der Waals surface area contributed by atoms with Gasteiger partial charge in [-0.15, -0.1) is 0 Å². The predicted molar refractivity (Wildman–Crippen MR) is 94.7 cm³/mol. The van der Waals surface area contributed by atoms with Crippen molar-refractivity contribution < 1.29 is 13.6 Å². The van der Waals surface area contributed by atoms with Crippen molar-refractivity contribution in [2.45, 2.75) is 38.3 Å². The van der Waals surface area contributed by atoms with E-state index in [0.717, 1.165) is 37.1 Å². The van der Waals surface area contributed by atoms with E-state index in [4.69, 9.17) is 4.42 Å². The number of benzene rings is 1. The second-order valence-electron chi connectivity index (χ2n) is 6.86. The number of hydrogen-bond acceptors (Lipinski definition) is 3. The van der Waals surface area contributed by atoms with Gasteiger partial charge >= 0.3 is 0 Å². The first kappa shape index (κ1) is 17.7. The topological polar surface area (TPSA) is 36.7 Å². The van der Waals surface area contributed by atoms with E-state index in [0.29, 0.717) is 12.3 Å². The average Bonchev–Trinajstić information content (AvgIpc) is 2.92. The molecule has 1 fully saturated rings. The summed E-state index contributed by atoms with van der Waals surface area (Å²) in [6.45, 7) is 1.57. The van der Waals surface area contributed by atoms with Gasteiger partial charge in [0.2, 0.25) is 0 Å². The average molecular weight is 344 g/mol. The molecule has 4 nitrogen and oxygen atoms in total. The fraction of sp³-hybridized carbons (Fsp3) is 0.450. The minimum atomic E-state index is -0.196. The quantitative estimate of drug-likeness (QED) is 0.832. The summed E-state index contributed by atoms with van der Waals surface area (Å²) in [5.41, 5.74) is 1.01. The summed E-state index contributed by atoms with van der Waals surface area (Å²) in [5.74, 6) is 0.799. The fourth-order valence-electron chi connectivity index (χ4n) is 3.45. The summed E-state index contributed by atoms with van der Waals surface area (Å²) in [5, 5.41) is 0. The standard InChI is InChI=1S/C20H25FN2O2/c1-22(2)20(24)19-11-10-17(25-19)14-23-12-5-3-4-9-18(23)15-7-6-8-16(21)13-15/h6-8,10-11,13,18H,3-5,9,12,14H2,1-2H3/t18-/m1/s1. The van der Waals surface area contributed by atoms with Gasteiger partial charge in [-0.1, -0.05) is 25.0 Å². The van der Waals surface area contributed by atoms with E-state index < -0.39 is 0 Å². The third-order valence-electron chi connectivity index (χ3n) is 4.73. The van der Waals surface area contributed by atoms with Crippen LogP contribution in [0.1, 0.15) is 53.6 Å². The molecule has 1 aromatic heterocycles. The molecule has 5 heteroatoms. The lowest BCUT2D eigenvalue weighted by molar-refractivity contribution is 0.0791. The van der Waals surface area contributed by atoms with Gasteiger partial charge < -0.3 is 9.32 Å². The van der Waals surface area contributed by atoms with Gasteiger partial charge in [-0.25, -0.2) is 4.39 Å². The largest absolute Gasteiger partial charge is 0.455 e. The lowest BCUT2D eigenvalue weighted by atomic mass is 10.0. The van der Waals surface area contributed by atoms with Crippen molar-refractivity contribution in [3.05, 3.63) is 59.3 Å². The van der Waals surface area contributed by atoms with Crippen LogP contribution in [-0.2, 0) is 6.54 Å². The Bertz CT molecular complexity index is 726. The summed E-state index contributed by atoms with van der Waals surface area (Å²) in [6.07, 6.45) is 4.45. The molecule has 1 aromatic carbocycles. The molecule has 2 aromatic rings. The predicted octanol–water partition coefficient (Wildman–Crippen LogP) is 4.24. The van der Waals surface area contributed by atoms with Gasteiger partial charge in [0.1, 0.15) is 11.6 Å². The van der Waals surface area contributed by atoms with Gasteiger partial charge in [-0.2, -0.15) is 0 Å². The minimum Gasteiger partial charge on any atom is -0.455 e. The Hall–Kier alpha value is -2.14. The first-order chi connectivity index (χ1) is 12.0. The maximum atomic E-state index is 13.7. The smallest absolute Gasteiger partial charge is 0.289 e. The summed E-state index contributed by atoms with van der Waals surface area (Å²) >= 11 is 0. The van der Waals surface area contributed by atoms with Crippen molar-refractivity contribution in [1.29, 1.82) is 0 Å².